The van der Waals surface area contributed by atoms with Crippen LogP contribution in [0.5, 0.6) is 0 Å². The predicted octanol–water partition coefficient (Wildman–Crippen LogP) is 3.58. The van der Waals surface area contributed by atoms with Crippen molar-refractivity contribution < 1.29 is 9.72 Å². The second-order valence-electron chi connectivity index (χ2n) is 4.10. The molecule has 6 nitrogen and oxygen atoms in total. The molecule has 20 heavy (non-hydrogen) atoms. The molecule has 2 rings (SSSR count). The van der Waals surface area contributed by atoms with Gasteiger partial charge in [-0.15, -0.1) is 0 Å². The van der Waals surface area contributed by atoms with Crippen LogP contribution in [0.2, 0.25) is 0 Å². The lowest BCUT2D eigenvalue weighted by Crippen LogP contribution is -2.06. The van der Waals surface area contributed by atoms with Crippen molar-refractivity contribution in [1.29, 1.82) is 0 Å². The van der Waals surface area contributed by atoms with Crippen LogP contribution in [0.15, 0.2) is 27.1 Å². The summed E-state index contributed by atoms with van der Waals surface area (Å²) in [4.78, 5) is 29.1. The number of hydrogen-bond acceptors (Lipinski definition) is 4. The molecule has 1 aromatic heterocycles. The average Bonchev–Trinajstić information content (AvgIpc) is 2.70. The van der Waals surface area contributed by atoms with Crippen molar-refractivity contribution in [2.75, 3.05) is 0 Å². The van der Waals surface area contributed by atoms with E-state index in [-0.39, 0.29) is 23.7 Å². The summed E-state index contributed by atoms with van der Waals surface area (Å²) in [5.74, 6) is -0.0579. The molecular formula is C12H9Br2N3O3. The van der Waals surface area contributed by atoms with Gasteiger partial charge in [-0.2, -0.15) is 0 Å². The third kappa shape index (κ3) is 3.13. The number of carbonyl (C=O) groups excluding carboxylic acids is 1. The number of ketones is 1. The van der Waals surface area contributed by atoms with Crippen LogP contribution in [0, 0.1) is 17.0 Å². The number of nitrogens with zero attached hydrogens (tertiary/aromatic N) is 2. The topological polar surface area (TPSA) is 88.9 Å². The van der Waals surface area contributed by atoms with E-state index in [2.05, 4.69) is 41.8 Å². The second-order valence-corrected chi connectivity index (χ2v) is 5.87. The van der Waals surface area contributed by atoms with Crippen molar-refractivity contribution in [3.63, 3.8) is 0 Å². The van der Waals surface area contributed by atoms with E-state index < -0.39 is 4.92 Å². The van der Waals surface area contributed by atoms with Crippen molar-refractivity contribution in [1.82, 2.24) is 9.97 Å². The fraction of sp³-hybridized carbons (Fsp3) is 0.167. The Balaban J connectivity index is 2.30. The van der Waals surface area contributed by atoms with E-state index in [1.807, 2.05) is 0 Å². The molecule has 0 atom stereocenters. The van der Waals surface area contributed by atoms with E-state index in [0.717, 1.165) is 4.47 Å². The fourth-order valence-corrected chi connectivity index (χ4v) is 3.03. The summed E-state index contributed by atoms with van der Waals surface area (Å²) in [6, 6.07) is 5.14. The summed E-state index contributed by atoms with van der Waals surface area (Å²) >= 11 is 6.60. The van der Waals surface area contributed by atoms with Gasteiger partial charge in [-0.25, -0.2) is 9.97 Å². The van der Waals surface area contributed by atoms with Crippen LogP contribution < -0.4 is 0 Å². The monoisotopic (exact) mass is 401 g/mol. The molecule has 0 radical (unpaired) electrons. The number of H-pyrrole nitrogens is 1. The van der Waals surface area contributed by atoms with Gasteiger partial charge in [0.25, 0.3) is 0 Å². The van der Waals surface area contributed by atoms with Gasteiger partial charge in [0.05, 0.1) is 6.42 Å². The normalized spacial score (nSPS) is 10.6. The number of carbonyl (C=O) groups is 1. The van der Waals surface area contributed by atoms with Gasteiger partial charge in [-0.05, 0) is 23.1 Å². The Labute approximate surface area is 131 Å². The zero-order valence-electron chi connectivity index (χ0n) is 10.3. The van der Waals surface area contributed by atoms with Crippen LogP contribution in [0.1, 0.15) is 21.9 Å². The number of aromatic nitrogens is 2. The number of nitrogens with one attached hydrogen (secondary N) is 1. The summed E-state index contributed by atoms with van der Waals surface area (Å²) in [5.41, 5.74) is 0.607. The minimum atomic E-state index is -0.570. The first-order valence-corrected chi connectivity index (χ1v) is 7.15. The Hall–Kier alpha value is -1.54. The number of nitro groups is 1. The van der Waals surface area contributed by atoms with E-state index in [1.54, 1.807) is 25.1 Å². The predicted molar refractivity (Wildman–Crippen MR) is 79.9 cm³/mol. The summed E-state index contributed by atoms with van der Waals surface area (Å²) in [6.45, 7) is 1.61. The molecule has 0 fully saturated rings. The molecule has 0 aliphatic heterocycles. The fourth-order valence-electron chi connectivity index (χ4n) is 1.76. The van der Waals surface area contributed by atoms with Crippen LogP contribution in [0.25, 0.3) is 0 Å². The SMILES string of the molecule is Cc1nc(CC(=O)c2ccc(Br)cc2Br)c([N+](=O)[O-])[nH]1. The largest absolute Gasteiger partial charge is 0.358 e. The van der Waals surface area contributed by atoms with E-state index in [1.165, 1.54) is 0 Å². The molecule has 0 spiro atoms. The molecule has 0 amide bonds. The van der Waals surface area contributed by atoms with E-state index in [4.69, 9.17) is 0 Å². The molecule has 104 valence electrons. The summed E-state index contributed by atoms with van der Waals surface area (Å²) in [5, 5.41) is 10.9. The zero-order chi connectivity index (χ0) is 14.9. The number of Topliss-reactive ketones (excluding diaryl/α,β-unsaturated/α-hetero) is 1. The van der Waals surface area contributed by atoms with Crippen LogP contribution in [0.4, 0.5) is 5.82 Å². The molecule has 0 aliphatic carbocycles. The summed E-state index contributed by atoms with van der Waals surface area (Å²) < 4.78 is 1.47. The minimum absolute atomic E-state index is 0.124. The Bertz CT molecular complexity index is 697. The second kappa shape index (κ2) is 5.84. The van der Waals surface area contributed by atoms with E-state index >= 15 is 0 Å². The van der Waals surface area contributed by atoms with Crippen molar-refractivity contribution in [2.24, 2.45) is 0 Å². The van der Waals surface area contributed by atoms with Crippen LogP contribution in [0.3, 0.4) is 0 Å². The Morgan fingerprint density at radius 3 is 2.75 bits per heavy atom. The van der Waals surface area contributed by atoms with Gasteiger partial charge in [-0.1, -0.05) is 31.9 Å². The lowest BCUT2D eigenvalue weighted by molar-refractivity contribution is -0.390. The molecule has 1 N–H and O–H groups in total. The molecular weight excluding hydrogens is 394 g/mol. The molecule has 0 saturated heterocycles. The average molecular weight is 403 g/mol. The smallest absolute Gasteiger partial charge is 0.344 e. The van der Waals surface area contributed by atoms with Gasteiger partial charge in [0.1, 0.15) is 5.69 Å². The number of aromatic amines is 1. The van der Waals surface area contributed by atoms with Crippen molar-refractivity contribution in [3.05, 3.63) is 54.3 Å². The molecule has 0 unspecified atom stereocenters. The maximum absolute atomic E-state index is 12.2. The Morgan fingerprint density at radius 2 is 2.15 bits per heavy atom. The molecule has 0 aliphatic rings. The first-order chi connectivity index (χ1) is 9.38. The number of hydrogen-bond donors (Lipinski definition) is 1. The zero-order valence-corrected chi connectivity index (χ0v) is 13.5. The standard InChI is InChI=1S/C12H9Br2N3O3/c1-6-15-10(12(16-6)17(19)20)5-11(18)8-3-2-7(13)4-9(8)14/h2-4H,5H2,1H3,(H,15,16). The number of benzene rings is 1. The van der Waals surface area contributed by atoms with Gasteiger partial charge in [0.2, 0.25) is 0 Å². The highest BCUT2D eigenvalue weighted by atomic mass is 79.9. The Kier molecular flexibility index (Phi) is 4.34. The third-order valence-corrected chi connectivity index (χ3v) is 3.77. The maximum Gasteiger partial charge on any atom is 0.344 e. The lowest BCUT2D eigenvalue weighted by Gasteiger charge is -2.03. The number of imidazole rings is 1. The van der Waals surface area contributed by atoms with Crippen molar-refractivity contribution >= 4 is 43.5 Å². The van der Waals surface area contributed by atoms with Gasteiger partial charge in [-0.3, -0.25) is 4.79 Å². The van der Waals surface area contributed by atoms with Gasteiger partial charge in [0, 0.05) is 21.4 Å². The summed E-state index contributed by atoms with van der Waals surface area (Å²) in [7, 11) is 0. The molecule has 1 heterocycles. The number of rotatable bonds is 4. The van der Waals surface area contributed by atoms with Gasteiger partial charge in [0.15, 0.2) is 11.6 Å². The molecule has 2 aromatic rings. The first kappa shape index (κ1) is 14.9. The highest BCUT2D eigenvalue weighted by Gasteiger charge is 2.22. The van der Waals surface area contributed by atoms with E-state index in [0.29, 0.717) is 15.9 Å². The minimum Gasteiger partial charge on any atom is -0.358 e. The third-order valence-electron chi connectivity index (χ3n) is 2.62. The van der Waals surface area contributed by atoms with Crippen molar-refractivity contribution in [3.8, 4) is 0 Å². The number of aryl methyl sites for hydroxylation is 1. The number of halogens is 2. The molecule has 0 saturated carbocycles. The maximum atomic E-state index is 12.2. The first-order valence-electron chi connectivity index (χ1n) is 5.56. The Morgan fingerprint density at radius 1 is 1.45 bits per heavy atom. The summed E-state index contributed by atoms with van der Waals surface area (Å²) in [6.07, 6.45) is -0.124. The van der Waals surface area contributed by atoms with Gasteiger partial charge < -0.3 is 10.1 Å². The highest BCUT2D eigenvalue weighted by molar-refractivity contribution is 9.11. The molecule has 0 bridgehead atoms. The lowest BCUT2D eigenvalue weighted by atomic mass is 10.1. The van der Waals surface area contributed by atoms with Gasteiger partial charge >= 0.3 is 5.82 Å². The van der Waals surface area contributed by atoms with Crippen LogP contribution >= 0.6 is 31.9 Å². The van der Waals surface area contributed by atoms with Crippen molar-refractivity contribution in [2.45, 2.75) is 13.3 Å². The molecule has 1 aromatic carbocycles. The van der Waals surface area contributed by atoms with Crippen LogP contribution in [-0.2, 0) is 6.42 Å². The van der Waals surface area contributed by atoms with Crippen LogP contribution in [-0.4, -0.2) is 20.7 Å². The van der Waals surface area contributed by atoms with E-state index in [9.17, 15) is 14.9 Å². The molecule has 8 heteroatoms. The quantitative estimate of drug-likeness (QED) is 0.480. The highest BCUT2D eigenvalue weighted by Crippen LogP contribution is 2.24.